The van der Waals surface area contributed by atoms with Crippen LogP contribution in [0, 0.1) is 0 Å². The summed E-state index contributed by atoms with van der Waals surface area (Å²) in [6.45, 7) is 2.86. The molecule has 1 atom stereocenters. The normalized spacial score (nSPS) is 20.9. The summed E-state index contributed by atoms with van der Waals surface area (Å²) in [7, 11) is 1.63. The molecule has 2 rings (SSSR count). The Labute approximate surface area is 93.1 Å². The summed E-state index contributed by atoms with van der Waals surface area (Å²) in [5.74, 6) is 0.514. The summed E-state index contributed by atoms with van der Waals surface area (Å²) in [5.41, 5.74) is 0. The SMILES string of the molecule is COCCNc1nc(C2COCCO2)no1. The fourth-order valence-electron chi connectivity index (χ4n) is 1.33. The lowest BCUT2D eigenvalue weighted by atomic mass is 10.3. The van der Waals surface area contributed by atoms with Gasteiger partial charge >= 0.3 is 6.01 Å². The molecule has 0 spiro atoms. The van der Waals surface area contributed by atoms with Crippen molar-refractivity contribution in [2.45, 2.75) is 6.10 Å². The molecule has 16 heavy (non-hydrogen) atoms. The number of methoxy groups -OCH3 is 1. The largest absolute Gasteiger partial charge is 0.383 e. The van der Waals surface area contributed by atoms with Crippen molar-refractivity contribution in [1.29, 1.82) is 0 Å². The van der Waals surface area contributed by atoms with Crippen LogP contribution in [0.2, 0.25) is 0 Å². The maximum Gasteiger partial charge on any atom is 0.321 e. The van der Waals surface area contributed by atoms with Crippen molar-refractivity contribution in [3.63, 3.8) is 0 Å². The highest BCUT2D eigenvalue weighted by atomic mass is 16.6. The van der Waals surface area contributed by atoms with E-state index in [1.165, 1.54) is 0 Å². The van der Waals surface area contributed by atoms with Crippen molar-refractivity contribution in [3.8, 4) is 0 Å². The molecule has 1 N–H and O–H groups in total. The second-order valence-electron chi connectivity index (χ2n) is 3.31. The average molecular weight is 229 g/mol. The van der Waals surface area contributed by atoms with Crippen LogP contribution in [0.1, 0.15) is 11.9 Å². The van der Waals surface area contributed by atoms with Gasteiger partial charge in [-0.3, -0.25) is 0 Å². The average Bonchev–Trinajstić information content (AvgIpc) is 2.79. The fourth-order valence-corrected chi connectivity index (χ4v) is 1.33. The van der Waals surface area contributed by atoms with Crippen LogP contribution in [-0.2, 0) is 14.2 Å². The van der Waals surface area contributed by atoms with Crippen molar-refractivity contribution < 1.29 is 18.7 Å². The van der Waals surface area contributed by atoms with Crippen LogP contribution in [-0.4, -0.2) is 50.2 Å². The highest BCUT2D eigenvalue weighted by Gasteiger charge is 2.22. The van der Waals surface area contributed by atoms with E-state index in [-0.39, 0.29) is 6.10 Å². The van der Waals surface area contributed by atoms with Gasteiger partial charge in [-0.25, -0.2) is 0 Å². The summed E-state index contributed by atoms with van der Waals surface area (Å²) < 4.78 is 20.6. The first-order valence-electron chi connectivity index (χ1n) is 5.16. The van der Waals surface area contributed by atoms with Crippen molar-refractivity contribution in [3.05, 3.63) is 5.82 Å². The van der Waals surface area contributed by atoms with E-state index in [9.17, 15) is 0 Å². The van der Waals surface area contributed by atoms with Gasteiger partial charge in [-0.05, 0) is 0 Å². The number of hydrogen-bond donors (Lipinski definition) is 1. The van der Waals surface area contributed by atoms with Crippen LogP contribution in [0.5, 0.6) is 0 Å². The molecule has 1 aromatic heterocycles. The van der Waals surface area contributed by atoms with Crippen molar-refractivity contribution >= 4 is 6.01 Å². The Morgan fingerprint density at radius 3 is 3.19 bits per heavy atom. The summed E-state index contributed by atoms with van der Waals surface area (Å²) in [4.78, 5) is 4.16. The Kier molecular flexibility index (Phi) is 4.09. The lowest BCUT2D eigenvalue weighted by Crippen LogP contribution is -2.22. The van der Waals surface area contributed by atoms with Crippen molar-refractivity contribution in [2.75, 3.05) is 45.4 Å². The van der Waals surface area contributed by atoms with E-state index in [1.54, 1.807) is 7.11 Å². The molecule has 7 nitrogen and oxygen atoms in total. The molecular formula is C9H15N3O4. The second-order valence-corrected chi connectivity index (χ2v) is 3.31. The molecule has 1 fully saturated rings. The number of anilines is 1. The van der Waals surface area contributed by atoms with Crippen LogP contribution in [0.15, 0.2) is 4.52 Å². The van der Waals surface area contributed by atoms with Gasteiger partial charge in [0.25, 0.3) is 0 Å². The maximum atomic E-state index is 5.44. The summed E-state index contributed by atoms with van der Waals surface area (Å²) in [6, 6.07) is 0.376. The standard InChI is InChI=1S/C9H15N3O4/c1-13-3-2-10-9-11-8(12-16-9)7-6-14-4-5-15-7/h7H,2-6H2,1H3,(H,10,11,12). The van der Waals surface area contributed by atoms with E-state index in [0.29, 0.717) is 44.8 Å². The van der Waals surface area contributed by atoms with E-state index in [4.69, 9.17) is 18.7 Å². The van der Waals surface area contributed by atoms with Gasteiger partial charge in [0.15, 0.2) is 0 Å². The maximum absolute atomic E-state index is 5.44. The Morgan fingerprint density at radius 2 is 2.44 bits per heavy atom. The summed E-state index contributed by atoms with van der Waals surface area (Å²) in [6.07, 6.45) is -0.226. The summed E-state index contributed by atoms with van der Waals surface area (Å²) in [5, 5.41) is 6.77. The summed E-state index contributed by atoms with van der Waals surface area (Å²) >= 11 is 0. The molecule has 0 saturated carbocycles. The first kappa shape index (κ1) is 11.3. The van der Waals surface area contributed by atoms with Gasteiger partial charge in [0, 0.05) is 13.7 Å². The predicted octanol–water partition coefficient (Wildman–Crippen LogP) is 0.216. The molecule has 0 aromatic carbocycles. The third-order valence-electron chi connectivity index (χ3n) is 2.13. The van der Waals surface area contributed by atoms with Gasteiger partial charge in [-0.2, -0.15) is 4.98 Å². The molecule has 1 aliphatic rings. The number of nitrogens with zero attached hydrogens (tertiary/aromatic N) is 2. The van der Waals surface area contributed by atoms with E-state index in [0.717, 1.165) is 0 Å². The molecule has 0 bridgehead atoms. The number of aromatic nitrogens is 2. The molecule has 1 saturated heterocycles. The zero-order chi connectivity index (χ0) is 11.2. The van der Waals surface area contributed by atoms with Gasteiger partial charge in [0.1, 0.15) is 6.10 Å². The lowest BCUT2D eigenvalue weighted by Gasteiger charge is -2.19. The minimum Gasteiger partial charge on any atom is -0.383 e. The second kappa shape index (κ2) is 5.78. The van der Waals surface area contributed by atoms with E-state index in [1.807, 2.05) is 0 Å². The van der Waals surface area contributed by atoms with Gasteiger partial charge in [-0.15, -0.1) is 0 Å². The molecule has 2 heterocycles. The number of hydrogen-bond acceptors (Lipinski definition) is 7. The minimum absolute atomic E-state index is 0.226. The van der Waals surface area contributed by atoms with E-state index < -0.39 is 0 Å². The fraction of sp³-hybridized carbons (Fsp3) is 0.778. The number of ether oxygens (including phenoxy) is 3. The first-order chi connectivity index (χ1) is 7.90. The van der Waals surface area contributed by atoms with Crippen molar-refractivity contribution in [1.82, 2.24) is 10.1 Å². The third kappa shape index (κ3) is 2.91. The van der Waals surface area contributed by atoms with Crippen molar-refractivity contribution in [2.24, 2.45) is 0 Å². The quantitative estimate of drug-likeness (QED) is 0.723. The molecule has 0 radical (unpaired) electrons. The number of nitrogens with one attached hydrogen (secondary N) is 1. The zero-order valence-corrected chi connectivity index (χ0v) is 9.14. The molecule has 1 aliphatic heterocycles. The first-order valence-corrected chi connectivity index (χ1v) is 5.16. The molecular weight excluding hydrogens is 214 g/mol. The number of rotatable bonds is 5. The van der Waals surface area contributed by atoms with E-state index >= 15 is 0 Å². The monoisotopic (exact) mass is 229 g/mol. The molecule has 90 valence electrons. The molecule has 1 unspecified atom stereocenters. The van der Waals surface area contributed by atoms with Gasteiger partial charge in [0.05, 0.1) is 26.4 Å². The van der Waals surface area contributed by atoms with Gasteiger partial charge in [0.2, 0.25) is 5.82 Å². The molecule has 7 heteroatoms. The smallest absolute Gasteiger partial charge is 0.321 e. The Balaban J connectivity index is 1.85. The van der Waals surface area contributed by atoms with Crippen LogP contribution in [0.3, 0.4) is 0 Å². The third-order valence-corrected chi connectivity index (χ3v) is 2.13. The Bertz CT molecular complexity index is 311. The topological polar surface area (TPSA) is 78.6 Å². The Morgan fingerprint density at radius 1 is 1.50 bits per heavy atom. The highest BCUT2D eigenvalue weighted by molar-refractivity contribution is 5.18. The minimum atomic E-state index is -0.226. The molecule has 0 amide bonds. The van der Waals surface area contributed by atoms with Crippen LogP contribution in [0.4, 0.5) is 6.01 Å². The predicted molar refractivity (Wildman–Crippen MR) is 54.2 cm³/mol. The molecule has 0 aliphatic carbocycles. The van der Waals surface area contributed by atoms with Crippen LogP contribution in [0.25, 0.3) is 0 Å². The van der Waals surface area contributed by atoms with Crippen LogP contribution >= 0.6 is 0 Å². The van der Waals surface area contributed by atoms with Gasteiger partial charge in [-0.1, -0.05) is 5.16 Å². The zero-order valence-electron chi connectivity index (χ0n) is 9.14. The van der Waals surface area contributed by atoms with Crippen LogP contribution < -0.4 is 5.32 Å². The molecule has 1 aromatic rings. The van der Waals surface area contributed by atoms with E-state index in [2.05, 4.69) is 15.5 Å². The lowest BCUT2D eigenvalue weighted by molar-refractivity contribution is -0.0941. The van der Waals surface area contributed by atoms with Gasteiger partial charge < -0.3 is 24.1 Å². The Hall–Kier alpha value is -1.18. The highest BCUT2D eigenvalue weighted by Crippen LogP contribution is 2.18.